The van der Waals surface area contributed by atoms with Crippen LogP contribution in [0.15, 0.2) is 40.9 Å². The van der Waals surface area contributed by atoms with E-state index < -0.39 is 0 Å². The van der Waals surface area contributed by atoms with Gasteiger partial charge in [-0.15, -0.1) is 0 Å². The van der Waals surface area contributed by atoms with Crippen molar-refractivity contribution in [3.8, 4) is 0 Å². The van der Waals surface area contributed by atoms with Gasteiger partial charge in [0.15, 0.2) is 0 Å². The van der Waals surface area contributed by atoms with E-state index in [-0.39, 0.29) is 5.91 Å². The first-order valence-corrected chi connectivity index (χ1v) is 7.82. The molecule has 1 amide bonds. The van der Waals surface area contributed by atoms with E-state index in [1.165, 1.54) is 5.56 Å². The van der Waals surface area contributed by atoms with Gasteiger partial charge < -0.3 is 10.6 Å². The number of hydrogen-bond acceptors (Lipinski definition) is 2. The fourth-order valence-corrected chi connectivity index (χ4v) is 3.47. The molecule has 0 bridgehead atoms. The number of nitrogen functional groups attached to an aromatic ring is 1. The van der Waals surface area contributed by atoms with Crippen LogP contribution in [0.1, 0.15) is 21.5 Å². The maximum absolute atomic E-state index is 12.6. The summed E-state index contributed by atoms with van der Waals surface area (Å²) < 4.78 is 0.806. The summed E-state index contributed by atoms with van der Waals surface area (Å²) in [4.78, 5) is 14.4. The second-order valence-electron chi connectivity index (χ2n) is 5.16. The Morgan fingerprint density at radius 3 is 2.76 bits per heavy atom. The topological polar surface area (TPSA) is 46.3 Å². The summed E-state index contributed by atoms with van der Waals surface area (Å²) in [5.74, 6) is -0.00808. The number of carbonyl (C=O) groups is 1. The zero-order valence-electron chi connectivity index (χ0n) is 11.3. The van der Waals surface area contributed by atoms with Gasteiger partial charge in [-0.2, -0.15) is 0 Å². The lowest BCUT2D eigenvalue weighted by Gasteiger charge is -2.29. The predicted octanol–water partition coefficient (Wildman–Crippen LogP) is 3.88. The molecule has 0 atom stereocenters. The third-order valence-electron chi connectivity index (χ3n) is 3.64. The minimum absolute atomic E-state index is 0.00808. The average Bonchev–Trinajstić information content (AvgIpc) is 2.44. The van der Waals surface area contributed by atoms with E-state index in [4.69, 9.17) is 17.3 Å². The van der Waals surface area contributed by atoms with Crippen molar-refractivity contribution >= 4 is 39.1 Å². The van der Waals surface area contributed by atoms with Crippen LogP contribution >= 0.6 is 27.5 Å². The van der Waals surface area contributed by atoms with E-state index in [2.05, 4.69) is 15.9 Å². The van der Waals surface area contributed by atoms with Gasteiger partial charge in [0.05, 0.1) is 0 Å². The second-order valence-corrected chi connectivity index (χ2v) is 6.52. The van der Waals surface area contributed by atoms with E-state index in [0.717, 1.165) is 22.1 Å². The Bertz CT molecular complexity index is 697. The molecule has 108 valence electrons. The van der Waals surface area contributed by atoms with Crippen molar-refractivity contribution in [2.45, 2.75) is 13.0 Å². The largest absolute Gasteiger partial charge is 0.399 e. The first-order chi connectivity index (χ1) is 10.0. The van der Waals surface area contributed by atoms with Crippen LogP contribution < -0.4 is 5.73 Å². The molecule has 0 saturated heterocycles. The highest BCUT2D eigenvalue weighted by atomic mass is 79.9. The molecule has 0 radical (unpaired) electrons. The highest BCUT2D eigenvalue weighted by Gasteiger charge is 2.22. The van der Waals surface area contributed by atoms with Gasteiger partial charge in [-0.3, -0.25) is 4.79 Å². The van der Waals surface area contributed by atoms with Crippen LogP contribution in [0.3, 0.4) is 0 Å². The summed E-state index contributed by atoms with van der Waals surface area (Å²) in [7, 11) is 0. The number of hydrogen-bond donors (Lipinski definition) is 1. The van der Waals surface area contributed by atoms with Gasteiger partial charge in [0.2, 0.25) is 0 Å². The fourth-order valence-electron chi connectivity index (χ4n) is 2.61. The molecule has 2 aromatic rings. The number of carbonyl (C=O) groups excluding carboxylic acids is 1. The van der Waals surface area contributed by atoms with E-state index in [1.54, 1.807) is 18.2 Å². The Hall–Kier alpha value is -1.52. The van der Waals surface area contributed by atoms with Gasteiger partial charge >= 0.3 is 0 Å². The van der Waals surface area contributed by atoms with Crippen molar-refractivity contribution in [2.75, 3.05) is 12.3 Å². The molecule has 0 unspecified atom stereocenters. The second kappa shape index (κ2) is 5.70. The van der Waals surface area contributed by atoms with Gasteiger partial charge in [0, 0.05) is 33.8 Å². The summed E-state index contributed by atoms with van der Waals surface area (Å²) in [5.41, 5.74) is 9.54. The molecule has 21 heavy (non-hydrogen) atoms. The van der Waals surface area contributed by atoms with Crippen LogP contribution in [0.2, 0.25) is 5.02 Å². The standard InChI is InChI=1S/C16H14BrClN2O/c17-13-5-11(6-14(18)8-13)16(21)20-4-3-10-1-2-15(19)7-12(10)9-20/h1-2,5-8H,3-4,9,19H2. The van der Waals surface area contributed by atoms with Crippen molar-refractivity contribution in [1.82, 2.24) is 4.90 Å². The lowest BCUT2D eigenvalue weighted by Crippen LogP contribution is -2.36. The molecule has 2 N–H and O–H groups in total. The van der Waals surface area contributed by atoms with Crippen LogP contribution in [0.25, 0.3) is 0 Å². The maximum atomic E-state index is 12.6. The highest BCUT2D eigenvalue weighted by molar-refractivity contribution is 9.10. The maximum Gasteiger partial charge on any atom is 0.254 e. The summed E-state index contributed by atoms with van der Waals surface area (Å²) >= 11 is 9.39. The molecule has 1 aliphatic rings. The Balaban J connectivity index is 1.86. The Morgan fingerprint density at radius 2 is 2.00 bits per heavy atom. The summed E-state index contributed by atoms with van der Waals surface area (Å²) in [6, 6.07) is 11.2. The van der Waals surface area contributed by atoms with E-state index in [9.17, 15) is 4.79 Å². The van der Waals surface area contributed by atoms with Crippen molar-refractivity contribution < 1.29 is 4.79 Å². The molecular formula is C16H14BrClN2O. The van der Waals surface area contributed by atoms with Gasteiger partial charge in [-0.25, -0.2) is 0 Å². The van der Waals surface area contributed by atoms with E-state index >= 15 is 0 Å². The number of nitrogens with two attached hydrogens (primary N) is 1. The molecule has 0 aliphatic carbocycles. The van der Waals surface area contributed by atoms with Crippen LogP contribution in [0, 0.1) is 0 Å². The molecule has 0 fully saturated rings. The summed E-state index contributed by atoms with van der Waals surface area (Å²) in [5, 5.41) is 0.550. The Morgan fingerprint density at radius 1 is 1.19 bits per heavy atom. The van der Waals surface area contributed by atoms with Crippen LogP contribution in [-0.4, -0.2) is 17.4 Å². The number of rotatable bonds is 1. The summed E-state index contributed by atoms with van der Waals surface area (Å²) in [6.07, 6.45) is 0.850. The molecule has 1 aliphatic heterocycles. The zero-order chi connectivity index (χ0) is 15.0. The number of amides is 1. The molecule has 3 nitrogen and oxygen atoms in total. The van der Waals surface area contributed by atoms with Crippen LogP contribution in [0.5, 0.6) is 0 Å². The quantitative estimate of drug-likeness (QED) is 0.780. The van der Waals surface area contributed by atoms with Crippen LogP contribution in [0.4, 0.5) is 5.69 Å². The lowest BCUT2D eigenvalue weighted by atomic mass is 9.98. The number of nitrogens with zero attached hydrogens (tertiary/aromatic N) is 1. The highest BCUT2D eigenvalue weighted by Crippen LogP contribution is 2.25. The molecular weight excluding hydrogens is 352 g/mol. The first-order valence-electron chi connectivity index (χ1n) is 6.65. The van der Waals surface area contributed by atoms with E-state index in [1.807, 2.05) is 23.1 Å². The zero-order valence-corrected chi connectivity index (χ0v) is 13.6. The molecule has 2 aromatic carbocycles. The van der Waals surface area contributed by atoms with E-state index in [0.29, 0.717) is 23.7 Å². The Kier molecular flexibility index (Phi) is 3.91. The SMILES string of the molecule is Nc1ccc2c(c1)CN(C(=O)c1cc(Cl)cc(Br)c1)CC2. The van der Waals surface area contributed by atoms with Crippen molar-refractivity contribution in [3.63, 3.8) is 0 Å². The van der Waals surface area contributed by atoms with Crippen molar-refractivity contribution in [3.05, 3.63) is 62.6 Å². The molecule has 5 heteroatoms. The van der Waals surface area contributed by atoms with Gasteiger partial charge in [0.1, 0.15) is 0 Å². The van der Waals surface area contributed by atoms with Gasteiger partial charge in [0.25, 0.3) is 5.91 Å². The number of fused-ring (bicyclic) bond motifs is 1. The molecule has 1 heterocycles. The van der Waals surface area contributed by atoms with Crippen molar-refractivity contribution in [1.29, 1.82) is 0 Å². The Labute approximate surface area is 136 Å². The summed E-state index contributed by atoms with van der Waals surface area (Å²) in [6.45, 7) is 1.29. The minimum atomic E-state index is -0.00808. The first kappa shape index (κ1) is 14.4. The number of halogens is 2. The predicted molar refractivity (Wildman–Crippen MR) is 88.5 cm³/mol. The normalized spacial score (nSPS) is 13.9. The molecule has 0 aromatic heterocycles. The van der Waals surface area contributed by atoms with Crippen LogP contribution in [-0.2, 0) is 13.0 Å². The lowest BCUT2D eigenvalue weighted by molar-refractivity contribution is 0.0734. The molecule has 0 spiro atoms. The average molecular weight is 366 g/mol. The van der Waals surface area contributed by atoms with Crippen molar-refractivity contribution in [2.24, 2.45) is 0 Å². The van der Waals surface area contributed by atoms with Gasteiger partial charge in [-0.1, -0.05) is 33.6 Å². The molecule has 3 rings (SSSR count). The van der Waals surface area contributed by atoms with Gasteiger partial charge in [-0.05, 0) is 47.9 Å². The smallest absolute Gasteiger partial charge is 0.254 e. The molecule has 0 saturated carbocycles. The third-order valence-corrected chi connectivity index (χ3v) is 4.32. The third kappa shape index (κ3) is 3.06. The number of benzene rings is 2. The minimum Gasteiger partial charge on any atom is -0.399 e. The fraction of sp³-hybridized carbons (Fsp3) is 0.188. The monoisotopic (exact) mass is 364 g/mol. The number of anilines is 1.